The molecule has 41 heavy (non-hydrogen) atoms. The molecule has 0 saturated heterocycles. The Morgan fingerprint density at radius 2 is 1.51 bits per heavy atom. The van der Waals surface area contributed by atoms with Gasteiger partial charge in [-0.15, -0.1) is 0 Å². The Hall–Kier alpha value is -3.47. The Balaban J connectivity index is 2.88. The van der Waals surface area contributed by atoms with Gasteiger partial charge in [0.05, 0.1) is 0 Å². The van der Waals surface area contributed by atoms with Gasteiger partial charge >= 0.3 is 6.03 Å². The third kappa shape index (κ3) is 14.6. The molecule has 0 bridgehead atoms. The quantitative estimate of drug-likeness (QED) is 0.146. The molecule has 8 N–H and O–H groups in total. The van der Waals surface area contributed by atoms with E-state index in [4.69, 9.17) is 11.5 Å². The van der Waals surface area contributed by atoms with Gasteiger partial charge in [0, 0.05) is 30.5 Å². The second-order valence-corrected chi connectivity index (χ2v) is 11.7. The van der Waals surface area contributed by atoms with Crippen molar-refractivity contribution in [3.63, 3.8) is 0 Å². The highest BCUT2D eigenvalue weighted by Gasteiger charge is 2.29. The number of ketones is 1. The Morgan fingerprint density at radius 3 is 2.07 bits per heavy atom. The van der Waals surface area contributed by atoms with Gasteiger partial charge in [-0.05, 0) is 62.3 Å². The number of hydrogen-bond acceptors (Lipinski definition) is 6. The van der Waals surface area contributed by atoms with Crippen molar-refractivity contribution in [2.24, 2.45) is 22.8 Å². The fourth-order valence-electron chi connectivity index (χ4n) is 4.05. The summed E-state index contributed by atoms with van der Waals surface area (Å²) < 4.78 is 0. The molecule has 1 rings (SSSR count). The molecule has 0 heterocycles. The summed E-state index contributed by atoms with van der Waals surface area (Å²) in [5.74, 6) is -1.14. The SMILES string of the molecule is CC(C)C(NC(=O)CCCCCN)C(=O)N[C@@H](CCCNC(N)=O)C(=O)Nc1ccc(CCC(=O)C(C)(C)C)cc1. The Labute approximate surface area is 244 Å². The number of hydrogen-bond donors (Lipinski definition) is 6. The fraction of sp³-hybridized carbons (Fsp3) is 0.633. The first kappa shape index (κ1) is 35.6. The summed E-state index contributed by atoms with van der Waals surface area (Å²) in [7, 11) is 0. The predicted octanol–water partition coefficient (Wildman–Crippen LogP) is 2.77. The first-order chi connectivity index (χ1) is 19.2. The van der Waals surface area contributed by atoms with E-state index in [0.29, 0.717) is 44.3 Å². The maximum atomic E-state index is 13.2. The maximum Gasteiger partial charge on any atom is 0.312 e. The van der Waals surface area contributed by atoms with Crippen molar-refractivity contribution in [2.75, 3.05) is 18.4 Å². The third-order valence-corrected chi connectivity index (χ3v) is 6.67. The van der Waals surface area contributed by atoms with Gasteiger partial charge in [-0.2, -0.15) is 0 Å². The molecule has 0 aliphatic rings. The van der Waals surface area contributed by atoms with Crippen LogP contribution in [0, 0.1) is 11.3 Å². The summed E-state index contributed by atoms with van der Waals surface area (Å²) in [6.45, 7) is 10.1. The van der Waals surface area contributed by atoms with Crippen LogP contribution in [-0.4, -0.2) is 54.7 Å². The van der Waals surface area contributed by atoms with Gasteiger partial charge < -0.3 is 32.7 Å². The van der Waals surface area contributed by atoms with E-state index in [1.807, 2.05) is 46.8 Å². The largest absolute Gasteiger partial charge is 0.352 e. The number of primary amides is 1. The van der Waals surface area contributed by atoms with Crippen molar-refractivity contribution < 1.29 is 24.0 Å². The normalized spacial score (nSPS) is 12.8. The van der Waals surface area contributed by atoms with E-state index in [0.717, 1.165) is 18.4 Å². The van der Waals surface area contributed by atoms with Crippen molar-refractivity contribution in [3.05, 3.63) is 29.8 Å². The number of amides is 5. The van der Waals surface area contributed by atoms with Crippen molar-refractivity contribution in [1.29, 1.82) is 0 Å². The molecule has 1 aromatic rings. The van der Waals surface area contributed by atoms with E-state index < -0.39 is 29.9 Å². The van der Waals surface area contributed by atoms with Crippen molar-refractivity contribution in [3.8, 4) is 0 Å². The molecule has 0 radical (unpaired) electrons. The summed E-state index contributed by atoms with van der Waals surface area (Å²) in [5, 5.41) is 10.9. The van der Waals surface area contributed by atoms with E-state index >= 15 is 0 Å². The van der Waals surface area contributed by atoms with Gasteiger partial charge in [0.15, 0.2) is 0 Å². The molecule has 0 aromatic heterocycles. The van der Waals surface area contributed by atoms with Crippen LogP contribution in [0.15, 0.2) is 24.3 Å². The minimum atomic E-state index is -0.913. The van der Waals surface area contributed by atoms with Gasteiger partial charge in [0.25, 0.3) is 0 Å². The van der Waals surface area contributed by atoms with Crippen LogP contribution >= 0.6 is 0 Å². The van der Waals surface area contributed by atoms with Crippen LogP contribution in [0.5, 0.6) is 0 Å². The lowest BCUT2D eigenvalue weighted by Gasteiger charge is -2.25. The summed E-state index contributed by atoms with van der Waals surface area (Å²) in [6, 6.07) is 4.82. The Bertz CT molecular complexity index is 1000. The molecule has 0 spiro atoms. The van der Waals surface area contributed by atoms with E-state index in [2.05, 4.69) is 21.3 Å². The first-order valence-corrected chi connectivity index (χ1v) is 14.5. The van der Waals surface area contributed by atoms with Crippen LogP contribution < -0.4 is 32.7 Å². The van der Waals surface area contributed by atoms with E-state index in [1.54, 1.807) is 12.1 Å². The van der Waals surface area contributed by atoms with Crippen LogP contribution in [0.3, 0.4) is 0 Å². The molecule has 5 amide bonds. The van der Waals surface area contributed by atoms with Crippen LogP contribution in [0.25, 0.3) is 0 Å². The van der Waals surface area contributed by atoms with Crippen LogP contribution in [0.4, 0.5) is 10.5 Å². The average Bonchev–Trinajstić information content (AvgIpc) is 2.89. The molecule has 0 saturated carbocycles. The standard InChI is InChI=1S/C30H50N6O5/c1-20(2)26(36-25(38)11-7-6-8-18-31)28(40)35-23(10-9-19-33-29(32)41)27(39)34-22-15-12-21(13-16-22)14-17-24(37)30(3,4)5/h12-13,15-16,20,23,26H,6-11,14,17-19,31H2,1-5H3,(H,34,39)(H,35,40)(H,36,38)(H3,32,33,41)/t23-,26?/m0/s1. The van der Waals surface area contributed by atoms with Crippen molar-refractivity contribution >= 4 is 35.2 Å². The highest BCUT2D eigenvalue weighted by molar-refractivity contribution is 5.98. The fourth-order valence-corrected chi connectivity index (χ4v) is 4.05. The minimum Gasteiger partial charge on any atom is -0.352 e. The summed E-state index contributed by atoms with van der Waals surface area (Å²) >= 11 is 0. The summed E-state index contributed by atoms with van der Waals surface area (Å²) in [5.41, 5.74) is 11.8. The number of benzene rings is 1. The second kappa shape index (κ2) is 18.1. The molecule has 11 nitrogen and oxygen atoms in total. The van der Waals surface area contributed by atoms with Gasteiger partial charge in [-0.3, -0.25) is 19.2 Å². The highest BCUT2D eigenvalue weighted by atomic mass is 16.2. The number of carbonyl (C=O) groups excluding carboxylic acids is 5. The molecule has 0 aliphatic heterocycles. The van der Waals surface area contributed by atoms with E-state index in [9.17, 15) is 24.0 Å². The number of urea groups is 1. The average molecular weight is 575 g/mol. The lowest BCUT2D eigenvalue weighted by Crippen LogP contribution is -2.54. The van der Waals surface area contributed by atoms with Crippen LogP contribution in [0.1, 0.15) is 85.1 Å². The molecule has 1 aromatic carbocycles. The molecule has 230 valence electrons. The Kier molecular flexibility index (Phi) is 15.7. The zero-order valence-corrected chi connectivity index (χ0v) is 25.3. The van der Waals surface area contributed by atoms with Crippen molar-refractivity contribution in [1.82, 2.24) is 16.0 Å². The summed E-state index contributed by atoms with van der Waals surface area (Å²) in [6.07, 6.45) is 4.31. The van der Waals surface area contributed by atoms with Crippen molar-refractivity contribution in [2.45, 2.75) is 98.1 Å². The number of carbonyl (C=O) groups is 5. The molecular formula is C30H50N6O5. The number of rotatable bonds is 18. The maximum absolute atomic E-state index is 13.2. The molecular weight excluding hydrogens is 524 g/mol. The van der Waals surface area contributed by atoms with Gasteiger partial charge in [-0.25, -0.2) is 4.79 Å². The number of anilines is 1. The smallest absolute Gasteiger partial charge is 0.312 e. The topological polar surface area (TPSA) is 186 Å². The monoisotopic (exact) mass is 574 g/mol. The number of nitrogens with two attached hydrogens (primary N) is 2. The van der Waals surface area contributed by atoms with Gasteiger partial charge in [0.2, 0.25) is 17.7 Å². The molecule has 0 aliphatic carbocycles. The Morgan fingerprint density at radius 1 is 0.854 bits per heavy atom. The number of unbranched alkanes of at least 4 members (excludes halogenated alkanes) is 2. The lowest BCUT2D eigenvalue weighted by molar-refractivity contribution is -0.132. The molecule has 11 heteroatoms. The number of Topliss-reactive ketones (excluding diaryl/α,β-unsaturated/α-hetero) is 1. The second-order valence-electron chi connectivity index (χ2n) is 11.7. The van der Waals surface area contributed by atoms with E-state index in [1.165, 1.54) is 0 Å². The van der Waals surface area contributed by atoms with Gasteiger partial charge in [-0.1, -0.05) is 53.2 Å². The first-order valence-electron chi connectivity index (χ1n) is 14.5. The lowest BCUT2D eigenvalue weighted by atomic mass is 9.87. The molecule has 0 fully saturated rings. The predicted molar refractivity (Wildman–Crippen MR) is 161 cm³/mol. The van der Waals surface area contributed by atoms with Gasteiger partial charge in [0.1, 0.15) is 17.9 Å². The van der Waals surface area contributed by atoms with Crippen LogP contribution in [0.2, 0.25) is 0 Å². The number of nitrogens with one attached hydrogen (secondary N) is 4. The molecule has 2 atom stereocenters. The van der Waals surface area contributed by atoms with E-state index in [-0.39, 0.29) is 36.0 Å². The van der Waals surface area contributed by atoms with Crippen LogP contribution in [-0.2, 0) is 25.6 Å². The summed E-state index contributed by atoms with van der Waals surface area (Å²) in [4.78, 5) is 62.1. The molecule has 1 unspecified atom stereocenters. The highest BCUT2D eigenvalue weighted by Crippen LogP contribution is 2.19. The third-order valence-electron chi connectivity index (χ3n) is 6.67. The zero-order chi connectivity index (χ0) is 31.0. The minimum absolute atomic E-state index is 0.182. The zero-order valence-electron chi connectivity index (χ0n) is 25.3. The number of aryl methyl sites for hydroxylation is 1.